The van der Waals surface area contributed by atoms with Gasteiger partial charge in [0, 0.05) is 31.2 Å². The molecule has 0 radical (unpaired) electrons. The van der Waals surface area contributed by atoms with E-state index in [1.54, 1.807) is 0 Å². The maximum atomic E-state index is 12.9. The Morgan fingerprint density at radius 2 is 1.95 bits per heavy atom. The summed E-state index contributed by atoms with van der Waals surface area (Å²) in [5.41, 5.74) is 1.69. The molecule has 0 unspecified atom stereocenters. The number of carbonyl (C=O) groups is 1. The van der Waals surface area contributed by atoms with Gasteiger partial charge in [-0.05, 0) is 32.1 Å². The van der Waals surface area contributed by atoms with Crippen LogP contribution in [0.4, 0.5) is 0 Å². The Morgan fingerprint density at radius 3 is 2.62 bits per heavy atom. The van der Waals surface area contributed by atoms with Crippen molar-refractivity contribution < 1.29 is 4.79 Å². The molecule has 1 heterocycles. The predicted octanol–water partition coefficient (Wildman–Crippen LogP) is 2.83. The molecular formula is C17H25N3O. The van der Waals surface area contributed by atoms with Gasteiger partial charge in [-0.15, -0.1) is 0 Å². The highest BCUT2D eigenvalue weighted by molar-refractivity contribution is 6.05. The molecule has 1 aromatic carbocycles. The first-order valence-corrected chi connectivity index (χ1v) is 7.49. The van der Waals surface area contributed by atoms with Crippen LogP contribution in [0.25, 0.3) is 10.9 Å². The van der Waals surface area contributed by atoms with Gasteiger partial charge in [-0.2, -0.15) is 0 Å². The Hall–Kier alpha value is -1.81. The normalized spacial score (nSPS) is 11.5. The summed E-state index contributed by atoms with van der Waals surface area (Å²) in [6, 6.07) is 7.88. The van der Waals surface area contributed by atoms with E-state index in [9.17, 15) is 4.79 Å². The van der Waals surface area contributed by atoms with Crippen molar-refractivity contribution in [3.05, 3.63) is 36.0 Å². The van der Waals surface area contributed by atoms with Crippen LogP contribution in [0, 0.1) is 5.92 Å². The van der Waals surface area contributed by atoms with E-state index in [0.717, 1.165) is 36.1 Å². The Bertz CT molecular complexity index is 601. The minimum absolute atomic E-state index is 0.110. The molecule has 0 aliphatic heterocycles. The van der Waals surface area contributed by atoms with Crippen LogP contribution in [0.15, 0.2) is 30.5 Å². The van der Waals surface area contributed by atoms with Gasteiger partial charge in [0.1, 0.15) is 0 Å². The number of rotatable bonds is 6. The van der Waals surface area contributed by atoms with Crippen molar-refractivity contribution in [2.24, 2.45) is 5.92 Å². The second-order valence-corrected chi connectivity index (χ2v) is 6.20. The Labute approximate surface area is 126 Å². The minimum atomic E-state index is 0.110. The van der Waals surface area contributed by atoms with E-state index in [2.05, 4.69) is 23.7 Å². The first kappa shape index (κ1) is 15.6. The molecule has 0 bridgehead atoms. The van der Waals surface area contributed by atoms with Crippen molar-refractivity contribution in [2.45, 2.75) is 13.8 Å². The number of benzene rings is 1. The molecule has 0 aliphatic rings. The third kappa shape index (κ3) is 3.85. The smallest absolute Gasteiger partial charge is 0.256 e. The van der Waals surface area contributed by atoms with Gasteiger partial charge >= 0.3 is 0 Å². The number of nitrogens with zero attached hydrogens (tertiary/aromatic N) is 2. The van der Waals surface area contributed by atoms with Crippen molar-refractivity contribution in [2.75, 3.05) is 33.7 Å². The average molecular weight is 287 g/mol. The second-order valence-electron chi connectivity index (χ2n) is 6.20. The lowest BCUT2D eigenvalue weighted by molar-refractivity contribution is 0.0726. The average Bonchev–Trinajstić information content (AvgIpc) is 2.90. The fourth-order valence-corrected chi connectivity index (χ4v) is 2.47. The number of fused-ring (bicyclic) bond motifs is 1. The monoisotopic (exact) mass is 287 g/mol. The number of carbonyl (C=O) groups excluding carboxylic acids is 1. The molecule has 4 nitrogen and oxygen atoms in total. The van der Waals surface area contributed by atoms with E-state index in [4.69, 9.17) is 0 Å². The molecule has 1 N–H and O–H groups in total. The molecule has 0 fully saturated rings. The summed E-state index contributed by atoms with van der Waals surface area (Å²) in [4.78, 5) is 20.1. The number of likely N-dealkylation sites (N-methyl/N-ethyl adjacent to an activating group) is 1. The van der Waals surface area contributed by atoms with Gasteiger partial charge in [0.05, 0.1) is 11.1 Å². The Kier molecular flexibility index (Phi) is 5.02. The maximum absolute atomic E-state index is 12.9. The van der Waals surface area contributed by atoms with Crippen LogP contribution in [-0.2, 0) is 0 Å². The van der Waals surface area contributed by atoms with Crippen molar-refractivity contribution in [1.29, 1.82) is 0 Å². The van der Waals surface area contributed by atoms with Crippen LogP contribution in [0.3, 0.4) is 0 Å². The molecule has 0 aliphatic carbocycles. The number of nitrogens with one attached hydrogen (secondary N) is 1. The van der Waals surface area contributed by atoms with Crippen molar-refractivity contribution in [3.63, 3.8) is 0 Å². The van der Waals surface area contributed by atoms with Gasteiger partial charge in [-0.25, -0.2) is 0 Å². The van der Waals surface area contributed by atoms with Crippen LogP contribution in [0.1, 0.15) is 24.2 Å². The van der Waals surface area contributed by atoms with Crippen molar-refractivity contribution in [3.8, 4) is 0 Å². The number of para-hydroxylation sites is 1. The van der Waals surface area contributed by atoms with E-state index < -0.39 is 0 Å². The summed E-state index contributed by atoms with van der Waals surface area (Å²) in [7, 11) is 4.06. The van der Waals surface area contributed by atoms with Gasteiger partial charge in [0.25, 0.3) is 5.91 Å². The number of aromatic amines is 1. The van der Waals surface area contributed by atoms with Crippen LogP contribution in [-0.4, -0.2) is 54.4 Å². The first-order valence-electron chi connectivity index (χ1n) is 7.49. The highest BCUT2D eigenvalue weighted by Gasteiger charge is 2.19. The predicted molar refractivity (Wildman–Crippen MR) is 87.6 cm³/mol. The highest BCUT2D eigenvalue weighted by atomic mass is 16.2. The zero-order valence-electron chi connectivity index (χ0n) is 13.4. The molecule has 114 valence electrons. The third-order valence-corrected chi connectivity index (χ3v) is 3.51. The van der Waals surface area contributed by atoms with E-state index >= 15 is 0 Å². The standard InChI is InChI=1S/C17H25N3O/c1-13(2)12-20(11-10-19(3)4)17(21)15-7-5-6-14-8-9-18-16(14)15/h5-9,13,18H,10-12H2,1-4H3. The molecule has 0 spiro atoms. The molecule has 1 aromatic heterocycles. The fourth-order valence-electron chi connectivity index (χ4n) is 2.47. The molecule has 0 atom stereocenters. The van der Waals surface area contributed by atoms with Gasteiger partial charge in [0.2, 0.25) is 0 Å². The molecule has 0 saturated heterocycles. The molecular weight excluding hydrogens is 262 g/mol. The minimum Gasteiger partial charge on any atom is -0.361 e. The molecule has 2 aromatic rings. The SMILES string of the molecule is CC(C)CN(CCN(C)C)C(=O)c1cccc2cc[nH]c12. The van der Waals surface area contributed by atoms with Crippen LogP contribution in [0.5, 0.6) is 0 Å². The van der Waals surface area contributed by atoms with Crippen molar-refractivity contribution in [1.82, 2.24) is 14.8 Å². The van der Waals surface area contributed by atoms with E-state index in [-0.39, 0.29) is 5.91 Å². The molecule has 2 rings (SSSR count). The summed E-state index contributed by atoms with van der Waals surface area (Å²) >= 11 is 0. The summed E-state index contributed by atoms with van der Waals surface area (Å²) in [6.07, 6.45) is 1.88. The number of H-pyrrole nitrogens is 1. The highest BCUT2D eigenvalue weighted by Crippen LogP contribution is 2.19. The number of aromatic nitrogens is 1. The summed E-state index contributed by atoms with van der Waals surface area (Å²) < 4.78 is 0. The first-order chi connectivity index (χ1) is 9.99. The maximum Gasteiger partial charge on any atom is 0.256 e. The second kappa shape index (κ2) is 6.76. The molecule has 0 saturated carbocycles. The van der Waals surface area contributed by atoms with Gasteiger partial charge in [-0.3, -0.25) is 4.79 Å². The zero-order valence-corrected chi connectivity index (χ0v) is 13.4. The van der Waals surface area contributed by atoms with Crippen LogP contribution >= 0.6 is 0 Å². The largest absolute Gasteiger partial charge is 0.361 e. The van der Waals surface area contributed by atoms with Gasteiger partial charge in [-0.1, -0.05) is 26.0 Å². The van der Waals surface area contributed by atoms with Crippen molar-refractivity contribution >= 4 is 16.8 Å². The number of amides is 1. The summed E-state index contributed by atoms with van der Waals surface area (Å²) in [5.74, 6) is 0.567. The lowest BCUT2D eigenvalue weighted by atomic mass is 10.1. The van der Waals surface area contributed by atoms with Crippen LogP contribution in [0.2, 0.25) is 0 Å². The Morgan fingerprint density at radius 1 is 1.19 bits per heavy atom. The molecule has 1 amide bonds. The van der Waals surface area contributed by atoms with Gasteiger partial charge in [0.15, 0.2) is 0 Å². The molecule has 4 heteroatoms. The zero-order chi connectivity index (χ0) is 15.4. The van der Waals surface area contributed by atoms with Gasteiger partial charge < -0.3 is 14.8 Å². The topological polar surface area (TPSA) is 39.3 Å². The van der Waals surface area contributed by atoms with E-state index in [1.807, 2.05) is 49.5 Å². The number of hydrogen-bond acceptors (Lipinski definition) is 2. The Balaban J connectivity index is 2.26. The van der Waals surface area contributed by atoms with Crippen LogP contribution < -0.4 is 0 Å². The quantitative estimate of drug-likeness (QED) is 0.887. The summed E-state index contributed by atoms with van der Waals surface area (Å²) in [5, 5.41) is 1.08. The lowest BCUT2D eigenvalue weighted by Gasteiger charge is -2.26. The third-order valence-electron chi connectivity index (χ3n) is 3.51. The summed E-state index contributed by atoms with van der Waals surface area (Å²) in [6.45, 7) is 6.69. The fraction of sp³-hybridized carbons (Fsp3) is 0.471. The number of hydrogen-bond donors (Lipinski definition) is 1. The molecule has 21 heavy (non-hydrogen) atoms. The van der Waals surface area contributed by atoms with E-state index in [0.29, 0.717) is 5.92 Å². The lowest BCUT2D eigenvalue weighted by Crippen LogP contribution is -2.39. The van der Waals surface area contributed by atoms with E-state index in [1.165, 1.54) is 0 Å².